The molecule has 3 N–H and O–H groups in total. The van der Waals surface area contributed by atoms with Gasteiger partial charge in [0.25, 0.3) is 0 Å². The molecule has 0 aromatic carbocycles. The summed E-state index contributed by atoms with van der Waals surface area (Å²) in [6, 6.07) is 0. The molecule has 6 atom stereocenters. The number of carbonyl (C=O) groups is 4. The van der Waals surface area contributed by atoms with Crippen molar-refractivity contribution in [2.45, 2.75) is 439 Å². The normalized spacial score (nSPS) is 14.3. The Bertz CT molecular complexity index is 2110. The lowest BCUT2D eigenvalue weighted by Gasteiger charge is -2.21. The molecule has 0 radical (unpaired) electrons. The third-order valence-corrected chi connectivity index (χ3v) is 21.5. The summed E-state index contributed by atoms with van der Waals surface area (Å²) in [5, 5.41) is 10.7. The van der Waals surface area contributed by atoms with Crippen LogP contribution in [-0.2, 0) is 65.4 Å². The van der Waals surface area contributed by atoms with Crippen LogP contribution < -0.4 is 0 Å². The predicted molar refractivity (Wildman–Crippen MR) is 427 cm³/mol. The van der Waals surface area contributed by atoms with Gasteiger partial charge in [-0.2, -0.15) is 0 Å². The van der Waals surface area contributed by atoms with Crippen LogP contribution >= 0.6 is 15.6 Å². The number of phosphoric acid groups is 2. The number of rotatable bonds is 81. The first kappa shape index (κ1) is 102. The Morgan fingerprint density at radius 3 is 0.856 bits per heavy atom. The second kappa shape index (κ2) is 74.6. The number of aliphatic hydroxyl groups excluding tert-OH is 1. The Morgan fingerprint density at radius 2 is 0.567 bits per heavy atom. The molecule has 0 aliphatic heterocycles. The summed E-state index contributed by atoms with van der Waals surface area (Å²) in [5.41, 5.74) is 0. The summed E-state index contributed by atoms with van der Waals surface area (Å²) < 4.78 is 68.8. The van der Waals surface area contributed by atoms with Crippen molar-refractivity contribution < 1.29 is 80.2 Å². The van der Waals surface area contributed by atoms with Crippen molar-refractivity contribution in [3.05, 3.63) is 24.3 Å². The average Bonchev–Trinajstić information content (AvgIpc) is 0.907. The summed E-state index contributed by atoms with van der Waals surface area (Å²) in [6.45, 7) is 11.9. The maximum Gasteiger partial charge on any atom is 0.472 e. The van der Waals surface area contributed by atoms with Gasteiger partial charge in [0.15, 0.2) is 12.2 Å². The van der Waals surface area contributed by atoms with Crippen molar-refractivity contribution in [3.63, 3.8) is 0 Å². The van der Waals surface area contributed by atoms with Gasteiger partial charge in [-0.1, -0.05) is 368 Å². The van der Waals surface area contributed by atoms with Crippen LogP contribution in [0.2, 0.25) is 0 Å². The second-order valence-electron chi connectivity index (χ2n) is 31.1. The van der Waals surface area contributed by atoms with E-state index in [-0.39, 0.29) is 25.7 Å². The number of allylic oxidation sites excluding steroid dienone is 4. The first-order valence-electron chi connectivity index (χ1n) is 43.2. The molecule has 19 heteroatoms. The second-order valence-corrected chi connectivity index (χ2v) is 34.0. The molecule has 4 unspecified atom stereocenters. The Morgan fingerprint density at radius 1 is 0.317 bits per heavy atom. The minimum Gasteiger partial charge on any atom is -0.462 e. The quantitative estimate of drug-likeness (QED) is 0.0169. The standard InChI is InChI=1S/C85H162O17P2/c1-8-10-11-12-13-14-15-16-21-28-33-38-45-52-59-66-82(87)95-72-80(101-84(89)69-62-55-47-40-35-30-25-24-26-31-36-42-49-56-63-76(3)4)74-99-103(91,92)97-70-79(86)71-98-104(93,94)100-75-81(73-96-83(88)67-60-53-48-41-43-50-57-64-77(5)6)102-85(90)68-61-54-46-39-34-29-23-20-18-17-19-22-27-32-37-44-51-58-65-78(7)9-2/h14-16,21,76-81,86H,8-13,17-20,22-75H2,1-7H3,(H,91,92)(H,93,94)/b15-14-,21-16-/t78?,79?,80-,81-/m1/s1. The molecule has 0 saturated heterocycles. The zero-order chi connectivity index (χ0) is 76.5. The number of esters is 4. The highest BCUT2D eigenvalue weighted by atomic mass is 31.2. The zero-order valence-electron chi connectivity index (χ0n) is 68.0. The van der Waals surface area contributed by atoms with Gasteiger partial charge in [0.1, 0.15) is 19.3 Å². The van der Waals surface area contributed by atoms with Crippen LogP contribution in [0.5, 0.6) is 0 Å². The van der Waals surface area contributed by atoms with E-state index in [1.54, 1.807) is 0 Å². The van der Waals surface area contributed by atoms with E-state index < -0.39 is 97.5 Å². The molecule has 0 heterocycles. The lowest BCUT2D eigenvalue weighted by atomic mass is 9.99. The van der Waals surface area contributed by atoms with E-state index in [0.29, 0.717) is 31.6 Å². The third-order valence-electron chi connectivity index (χ3n) is 19.6. The highest BCUT2D eigenvalue weighted by Gasteiger charge is 2.30. The summed E-state index contributed by atoms with van der Waals surface area (Å²) in [7, 11) is -9.94. The molecule has 0 bridgehead atoms. The maximum atomic E-state index is 13.1. The minimum absolute atomic E-state index is 0.100. The number of unbranched alkanes of at least 4 members (excludes halogenated alkanes) is 45. The fourth-order valence-corrected chi connectivity index (χ4v) is 14.2. The first-order chi connectivity index (χ1) is 50.3. The van der Waals surface area contributed by atoms with Crippen molar-refractivity contribution >= 4 is 39.5 Å². The summed E-state index contributed by atoms with van der Waals surface area (Å²) in [5.74, 6) is 0.228. The number of phosphoric ester groups is 2. The maximum absolute atomic E-state index is 13.1. The van der Waals surface area contributed by atoms with E-state index in [2.05, 4.69) is 72.8 Å². The van der Waals surface area contributed by atoms with Gasteiger partial charge < -0.3 is 33.8 Å². The van der Waals surface area contributed by atoms with Gasteiger partial charge in [-0.3, -0.25) is 37.3 Å². The van der Waals surface area contributed by atoms with Gasteiger partial charge in [-0.25, -0.2) is 9.13 Å². The van der Waals surface area contributed by atoms with Crippen molar-refractivity contribution in [2.24, 2.45) is 17.8 Å². The molecule has 614 valence electrons. The monoisotopic (exact) mass is 1520 g/mol. The van der Waals surface area contributed by atoms with Crippen LogP contribution in [0.3, 0.4) is 0 Å². The van der Waals surface area contributed by atoms with Gasteiger partial charge in [0, 0.05) is 25.7 Å². The molecule has 0 aromatic heterocycles. The molecule has 0 aliphatic rings. The Kier molecular flexibility index (Phi) is 72.9. The molecule has 0 aromatic rings. The molecule has 0 rings (SSSR count). The molecule has 0 aliphatic carbocycles. The summed E-state index contributed by atoms with van der Waals surface area (Å²) in [4.78, 5) is 73.1. The number of hydrogen-bond acceptors (Lipinski definition) is 15. The van der Waals surface area contributed by atoms with Crippen LogP contribution in [0.25, 0.3) is 0 Å². The van der Waals surface area contributed by atoms with Crippen LogP contribution in [-0.4, -0.2) is 96.7 Å². The molecule has 17 nitrogen and oxygen atoms in total. The minimum atomic E-state index is -4.97. The van der Waals surface area contributed by atoms with Gasteiger partial charge in [0.2, 0.25) is 0 Å². The van der Waals surface area contributed by atoms with Crippen molar-refractivity contribution in [3.8, 4) is 0 Å². The number of ether oxygens (including phenoxy) is 4. The molecule has 0 amide bonds. The number of aliphatic hydroxyl groups is 1. The van der Waals surface area contributed by atoms with Crippen LogP contribution in [0.1, 0.15) is 421 Å². The molecule has 104 heavy (non-hydrogen) atoms. The number of carbonyl (C=O) groups excluding carboxylic acids is 4. The van der Waals surface area contributed by atoms with Crippen molar-refractivity contribution in [1.29, 1.82) is 0 Å². The fraction of sp³-hybridized carbons (Fsp3) is 0.906. The Labute approximate surface area is 637 Å². The van der Waals surface area contributed by atoms with E-state index in [0.717, 1.165) is 127 Å². The van der Waals surface area contributed by atoms with Crippen molar-refractivity contribution in [1.82, 2.24) is 0 Å². The van der Waals surface area contributed by atoms with Gasteiger partial charge in [-0.05, 0) is 69.1 Å². The lowest BCUT2D eigenvalue weighted by Crippen LogP contribution is -2.30. The summed E-state index contributed by atoms with van der Waals surface area (Å²) >= 11 is 0. The number of hydrogen-bond donors (Lipinski definition) is 3. The summed E-state index contributed by atoms with van der Waals surface area (Å²) in [6.07, 6.45) is 67.5. The first-order valence-corrected chi connectivity index (χ1v) is 46.2. The molecule has 0 fully saturated rings. The van der Waals surface area contributed by atoms with E-state index >= 15 is 0 Å². The van der Waals surface area contributed by atoms with E-state index in [1.165, 1.54) is 205 Å². The van der Waals surface area contributed by atoms with Crippen LogP contribution in [0, 0.1) is 17.8 Å². The van der Waals surface area contributed by atoms with Crippen LogP contribution in [0.4, 0.5) is 0 Å². The van der Waals surface area contributed by atoms with Crippen molar-refractivity contribution in [2.75, 3.05) is 39.6 Å². The Balaban J connectivity index is 5.23. The Hall–Kier alpha value is -2.46. The third kappa shape index (κ3) is 76.3. The van der Waals surface area contributed by atoms with E-state index in [1.807, 2.05) is 0 Å². The molecule has 0 spiro atoms. The van der Waals surface area contributed by atoms with Crippen LogP contribution in [0.15, 0.2) is 24.3 Å². The SMILES string of the molecule is CCCCCC/C=C\C=C/CCCCCCCC(=O)OC[C@H](COP(=O)(O)OCC(O)COP(=O)(O)OC[C@@H](COC(=O)CCCCCCCCCC(C)C)OC(=O)CCCCCCCCCCCCCCCCCCCCC(C)CC)OC(=O)CCCCCCCCCCCCCCCCC(C)C. The fourth-order valence-electron chi connectivity index (χ4n) is 12.6. The lowest BCUT2D eigenvalue weighted by molar-refractivity contribution is -0.161. The molecular weight excluding hydrogens is 1350 g/mol. The van der Waals surface area contributed by atoms with Gasteiger partial charge in [0.05, 0.1) is 26.4 Å². The topological polar surface area (TPSA) is 237 Å². The van der Waals surface area contributed by atoms with E-state index in [9.17, 15) is 43.2 Å². The highest BCUT2D eigenvalue weighted by Crippen LogP contribution is 2.45. The molecular formula is C85H162O17P2. The van der Waals surface area contributed by atoms with E-state index in [4.69, 9.17) is 37.0 Å². The largest absolute Gasteiger partial charge is 0.472 e. The van der Waals surface area contributed by atoms with Gasteiger partial charge in [-0.15, -0.1) is 0 Å². The van der Waals surface area contributed by atoms with Gasteiger partial charge >= 0.3 is 39.5 Å². The molecule has 0 saturated carbocycles. The smallest absolute Gasteiger partial charge is 0.462 e. The average molecular weight is 1520 g/mol. The zero-order valence-corrected chi connectivity index (χ0v) is 69.8. The predicted octanol–water partition coefficient (Wildman–Crippen LogP) is 25.3. The highest BCUT2D eigenvalue weighted by molar-refractivity contribution is 7.47.